The molecule has 0 atom stereocenters. The molecule has 16 heavy (non-hydrogen) atoms. The van der Waals surface area contributed by atoms with E-state index in [-0.39, 0.29) is 5.41 Å². The molecular weight excluding hydrogens is 218 g/mol. The van der Waals surface area contributed by atoms with Gasteiger partial charge in [0.2, 0.25) is 0 Å². The quantitative estimate of drug-likeness (QED) is 0.752. The summed E-state index contributed by atoms with van der Waals surface area (Å²) in [6.07, 6.45) is 1.73. The van der Waals surface area contributed by atoms with Gasteiger partial charge in [-0.1, -0.05) is 18.2 Å². The number of hydrogen-bond donors (Lipinski definition) is 0. The second-order valence-electron chi connectivity index (χ2n) is 4.11. The van der Waals surface area contributed by atoms with Crippen LogP contribution in [0.15, 0.2) is 35.2 Å². The maximum absolute atomic E-state index is 9.30. The maximum Gasteiger partial charge on any atom is 0.0711 e. The Kier molecular flexibility index (Phi) is 3.87. The first-order chi connectivity index (χ1) is 7.85. The summed E-state index contributed by atoms with van der Waals surface area (Å²) in [5.41, 5.74) is -0.182. The summed E-state index contributed by atoms with van der Waals surface area (Å²) in [5, 5.41) is 9.30. The van der Waals surface area contributed by atoms with Crippen LogP contribution in [0.25, 0.3) is 0 Å². The Bertz CT molecular complexity index is 365. The number of ether oxygens (including phenoxy) is 1. The van der Waals surface area contributed by atoms with Gasteiger partial charge in [-0.15, -0.1) is 11.8 Å². The van der Waals surface area contributed by atoms with Gasteiger partial charge in [0.25, 0.3) is 0 Å². The summed E-state index contributed by atoms with van der Waals surface area (Å²) < 4.78 is 5.32. The smallest absolute Gasteiger partial charge is 0.0711 e. The highest BCUT2D eigenvalue weighted by Gasteiger charge is 2.32. The number of hydrogen-bond acceptors (Lipinski definition) is 3. The number of nitrogens with zero attached hydrogens (tertiary/aromatic N) is 1. The van der Waals surface area contributed by atoms with Crippen LogP contribution in [0, 0.1) is 16.7 Å². The number of thioether (sulfide) groups is 1. The van der Waals surface area contributed by atoms with Crippen LogP contribution in [0.2, 0.25) is 0 Å². The molecule has 0 aliphatic carbocycles. The van der Waals surface area contributed by atoms with Crippen molar-refractivity contribution in [3.05, 3.63) is 30.3 Å². The van der Waals surface area contributed by atoms with Crippen LogP contribution in [0.4, 0.5) is 0 Å². The molecule has 3 heteroatoms. The maximum atomic E-state index is 9.30. The highest BCUT2D eigenvalue weighted by Crippen LogP contribution is 2.35. The largest absolute Gasteiger partial charge is 0.381 e. The average Bonchev–Trinajstić information content (AvgIpc) is 2.39. The van der Waals surface area contributed by atoms with Crippen molar-refractivity contribution in [2.24, 2.45) is 5.41 Å². The van der Waals surface area contributed by atoms with Crippen molar-refractivity contribution in [1.82, 2.24) is 0 Å². The minimum absolute atomic E-state index is 0.182. The monoisotopic (exact) mass is 233 g/mol. The highest BCUT2D eigenvalue weighted by molar-refractivity contribution is 7.99. The van der Waals surface area contributed by atoms with E-state index in [9.17, 15) is 5.26 Å². The van der Waals surface area contributed by atoms with E-state index in [1.165, 1.54) is 4.90 Å². The lowest BCUT2D eigenvalue weighted by Gasteiger charge is -2.30. The molecule has 0 N–H and O–H groups in total. The molecule has 2 rings (SSSR count). The zero-order valence-electron chi connectivity index (χ0n) is 9.19. The van der Waals surface area contributed by atoms with Gasteiger partial charge in [0.1, 0.15) is 0 Å². The second kappa shape index (κ2) is 5.38. The van der Waals surface area contributed by atoms with E-state index in [1.54, 1.807) is 11.8 Å². The van der Waals surface area contributed by atoms with Crippen LogP contribution in [0.3, 0.4) is 0 Å². The van der Waals surface area contributed by atoms with E-state index >= 15 is 0 Å². The van der Waals surface area contributed by atoms with Crippen molar-refractivity contribution in [2.75, 3.05) is 19.0 Å². The summed E-state index contributed by atoms with van der Waals surface area (Å²) >= 11 is 1.77. The molecule has 0 unspecified atom stereocenters. The van der Waals surface area contributed by atoms with Crippen molar-refractivity contribution in [1.29, 1.82) is 5.26 Å². The Morgan fingerprint density at radius 1 is 1.25 bits per heavy atom. The number of benzene rings is 1. The molecule has 1 saturated heterocycles. The lowest BCUT2D eigenvalue weighted by atomic mass is 9.84. The van der Waals surface area contributed by atoms with E-state index < -0.39 is 0 Å². The fourth-order valence-electron chi connectivity index (χ4n) is 1.79. The van der Waals surface area contributed by atoms with E-state index in [0.717, 1.165) is 31.8 Å². The first-order valence-electron chi connectivity index (χ1n) is 5.52. The van der Waals surface area contributed by atoms with Crippen LogP contribution in [-0.4, -0.2) is 19.0 Å². The predicted octanol–water partition coefficient (Wildman–Crippen LogP) is 3.10. The third kappa shape index (κ3) is 2.78. The normalized spacial score (nSPS) is 18.9. The van der Waals surface area contributed by atoms with Gasteiger partial charge in [0, 0.05) is 23.9 Å². The topological polar surface area (TPSA) is 33.0 Å². The molecular formula is C13H15NOS. The van der Waals surface area contributed by atoms with Gasteiger partial charge in [-0.2, -0.15) is 5.26 Å². The third-order valence-electron chi connectivity index (χ3n) is 2.95. The van der Waals surface area contributed by atoms with Gasteiger partial charge in [-0.25, -0.2) is 0 Å². The van der Waals surface area contributed by atoms with Crippen molar-refractivity contribution < 1.29 is 4.74 Å². The van der Waals surface area contributed by atoms with Crippen LogP contribution in [0.5, 0.6) is 0 Å². The Labute approximate surface area is 101 Å². The van der Waals surface area contributed by atoms with E-state index in [4.69, 9.17) is 4.74 Å². The highest BCUT2D eigenvalue weighted by atomic mass is 32.2. The van der Waals surface area contributed by atoms with E-state index in [0.29, 0.717) is 0 Å². The minimum Gasteiger partial charge on any atom is -0.381 e. The van der Waals surface area contributed by atoms with Crippen molar-refractivity contribution in [3.63, 3.8) is 0 Å². The molecule has 0 radical (unpaired) electrons. The standard InChI is InChI=1S/C13H15NOS/c14-10-13(6-8-15-9-7-13)11-16-12-4-2-1-3-5-12/h1-5H,6-9,11H2. The molecule has 0 bridgehead atoms. The van der Waals surface area contributed by atoms with Crippen molar-refractivity contribution in [3.8, 4) is 6.07 Å². The summed E-state index contributed by atoms with van der Waals surface area (Å²) in [4.78, 5) is 1.24. The first kappa shape index (κ1) is 11.5. The van der Waals surface area contributed by atoms with Gasteiger partial charge in [0.05, 0.1) is 11.5 Å². The molecule has 0 spiro atoms. The lowest BCUT2D eigenvalue weighted by molar-refractivity contribution is 0.0497. The van der Waals surface area contributed by atoms with Gasteiger partial charge in [-0.3, -0.25) is 0 Å². The molecule has 1 aliphatic rings. The zero-order valence-corrected chi connectivity index (χ0v) is 10.0. The van der Waals surface area contributed by atoms with Crippen molar-refractivity contribution in [2.45, 2.75) is 17.7 Å². The lowest BCUT2D eigenvalue weighted by Crippen LogP contribution is -2.30. The second-order valence-corrected chi connectivity index (χ2v) is 5.15. The average molecular weight is 233 g/mol. The summed E-state index contributed by atoms with van der Waals surface area (Å²) in [5.74, 6) is 0.872. The number of rotatable bonds is 3. The molecule has 0 saturated carbocycles. The molecule has 1 heterocycles. The van der Waals surface area contributed by atoms with Gasteiger partial charge in [-0.05, 0) is 25.0 Å². The van der Waals surface area contributed by atoms with Gasteiger partial charge < -0.3 is 4.74 Å². The van der Waals surface area contributed by atoms with Crippen LogP contribution in [0.1, 0.15) is 12.8 Å². The molecule has 2 nitrogen and oxygen atoms in total. The SMILES string of the molecule is N#CC1(CSc2ccccc2)CCOCC1. The fourth-order valence-corrected chi connectivity index (χ4v) is 2.93. The third-order valence-corrected chi connectivity index (χ3v) is 4.25. The molecule has 1 aliphatic heterocycles. The summed E-state index contributed by atoms with van der Waals surface area (Å²) in [7, 11) is 0. The number of nitriles is 1. The fraction of sp³-hybridized carbons (Fsp3) is 0.462. The van der Waals surface area contributed by atoms with Crippen LogP contribution in [-0.2, 0) is 4.74 Å². The Hall–Kier alpha value is -0.980. The molecule has 1 fully saturated rings. The Balaban J connectivity index is 1.95. The van der Waals surface area contributed by atoms with E-state index in [2.05, 4.69) is 18.2 Å². The molecule has 1 aromatic rings. The Morgan fingerprint density at radius 3 is 2.56 bits per heavy atom. The molecule has 84 valence electrons. The summed E-state index contributed by atoms with van der Waals surface area (Å²) in [6.45, 7) is 1.45. The van der Waals surface area contributed by atoms with Crippen LogP contribution < -0.4 is 0 Å². The summed E-state index contributed by atoms with van der Waals surface area (Å²) in [6, 6.07) is 12.8. The predicted molar refractivity (Wildman–Crippen MR) is 65.3 cm³/mol. The van der Waals surface area contributed by atoms with Gasteiger partial charge >= 0.3 is 0 Å². The van der Waals surface area contributed by atoms with Crippen molar-refractivity contribution >= 4 is 11.8 Å². The van der Waals surface area contributed by atoms with Crippen LogP contribution >= 0.6 is 11.8 Å². The Morgan fingerprint density at radius 2 is 1.94 bits per heavy atom. The minimum atomic E-state index is -0.182. The molecule has 0 amide bonds. The molecule has 1 aromatic carbocycles. The first-order valence-corrected chi connectivity index (χ1v) is 6.50. The zero-order chi connectivity index (χ0) is 11.3. The molecule has 0 aromatic heterocycles. The van der Waals surface area contributed by atoms with Gasteiger partial charge in [0.15, 0.2) is 0 Å². The van der Waals surface area contributed by atoms with E-state index in [1.807, 2.05) is 18.2 Å².